The number of anilines is 1. The molecule has 0 bridgehead atoms. The van der Waals surface area contributed by atoms with Gasteiger partial charge in [-0.25, -0.2) is 4.79 Å². The zero-order valence-corrected chi connectivity index (χ0v) is 14.8. The van der Waals surface area contributed by atoms with E-state index in [1.54, 1.807) is 30.5 Å². The molecule has 0 aliphatic heterocycles. The summed E-state index contributed by atoms with van der Waals surface area (Å²) >= 11 is 5.82. The zero-order valence-electron chi connectivity index (χ0n) is 14.1. The first-order valence-corrected chi connectivity index (χ1v) is 8.30. The number of pyridine rings is 1. The van der Waals surface area contributed by atoms with Gasteiger partial charge in [0.15, 0.2) is 6.61 Å². The number of fused-ring (bicyclic) bond motifs is 1. The van der Waals surface area contributed by atoms with Gasteiger partial charge in [-0.2, -0.15) is 13.2 Å². The Bertz CT molecular complexity index is 1050. The Morgan fingerprint density at radius 2 is 1.86 bits per heavy atom. The van der Waals surface area contributed by atoms with Crippen LogP contribution < -0.4 is 5.32 Å². The maximum absolute atomic E-state index is 12.8. The Kier molecular flexibility index (Phi) is 5.51. The van der Waals surface area contributed by atoms with Crippen LogP contribution in [-0.4, -0.2) is 23.5 Å². The minimum absolute atomic E-state index is 0.0778. The third-order valence-corrected chi connectivity index (χ3v) is 4.12. The van der Waals surface area contributed by atoms with Crippen LogP contribution in [0.25, 0.3) is 10.8 Å². The van der Waals surface area contributed by atoms with E-state index in [-0.39, 0.29) is 16.3 Å². The van der Waals surface area contributed by atoms with Gasteiger partial charge in [-0.15, -0.1) is 0 Å². The number of carbonyl (C=O) groups is 2. The molecule has 2 aromatic carbocycles. The fourth-order valence-corrected chi connectivity index (χ4v) is 2.64. The Morgan fingerprint density at radius 3 is 2.61 bits per heavy atom. The summed E-state index contributed by atoms with van der Waals surface area (Å²) in [6, 6.07) is 9.51. The highest BCUT2D eigenvalue weighted by Crippen LogP contribution is 2.33. The number of carbonyl (C=O) groups excluding carboxylic acids is 2. The van der Waals surface area contributed by atoms with Gasteiger partial charge in [0, 0.05) is 17.8 Å². The molecule has 5 nitrogen and oxygen atoms in total. The Morgan fingerprint density at radius 1 is 1.11 bits per heavy atom. The monoisotopic (exact) mass is 408 g/mol. The number of amides is 1. The lowest BCUT2D eigenvalue weighted by Crippen LogP contribution is -2.21. The van der Waals surface area contributed by atoms with Crippen LogP contribution in [0.4, 0.5) is 18.9 Å². The van der Waals surface area contributed by atoms with Crippen molar-refractivity contribution >= 4 is 39.9 Å². The predicted molar refractivity (Wildman–Crippen MR) is 97.1 cm³/mol. The van der Waals surface area contributed by atoms with Crippen LogP contribution in [0.2, 0.25) is 5.02 Å². The van der Waals surface area contributed by atoms with Crippen molar-refractivity contribution in [3.63, 3.8) is 0 Å². The minimum Gasteiger partial charge on any atom is -0.452 e. The SMILES string of the molecule is O=C(COC(=O)c1cncc2ccccc12)Nc1cc(C(F)(F)F)ccc1Cl. The number of rotatable bonds is 4. The molecule has 9 heteroatoms. The Hall–Kier alpha value is -3.13. The van der Waals surface area contributed by atoms with Crippen LogP contribution in [-0.2, 0) is 15.7 Å². The number of aromatic nitrogens is 1. The van der Waals surface area contributed by atoms with Crippen molar-refractivity contribution in [3.8, 4) is 0 Å². The molecule has 0 saturated carbocycles. The molecule has 0 spiro atoms. The molecule has 0 unspecified atom stereocenters. The predicted octanol–water partition coefficient (Wildman–Crippen LogP) is 4.70. The number of alkyl halides is 3. The van der Waals surface area contributed by atoms with E-state index < -0.39 is 30.2 Å². The Labute approximate surface area is 162 Å². The molecule has 1 amide bonds. The molecular weight excluding hydrogens is 397 g/mol. The van der Waals surface area contributed by atoms with Gasteiger partial charge in [0.2, 0.25) is 0 Å². The van der Waals surface area contributed by atoms with Gasteiger partial charge in [-0.3, -0.25) is 9.78 Å². The number of halogens is 4. The molecular formula is C19H12ClF3N2O3. The summed E-state index contributed by atoms with van der Waals surface area (Å²) in [7, 11) is 0. The molecule has 1 heterocycles. The lowest BCUT2D eigenvalue weighted by atomic mass is 10.1. The van der Waals surface area contributed by atoms with Gasteiger partial charge in [-0.1, -0.05) is 35.9 Å². The van der Waals surface area contributed by atoms with Crippen molar-refractivity contribution in [1.29, 1.82) is 0 Å². The average molecular weight is 409 g/mol. The number of ether oxygens (including phenoxy) is 1. The van der Waals surface area contributed by atoms with Gasteiger partial charge in [0.1, 0.15) is 0 Å². The highest BCUT2D eigenvalue weighted by atomic mass is 35.5. The van der Waals surface area contributed by atoms with Crippen molar-refractivity contribution in [1.82, 2.24) is 4.98 Å². The van der Waals surface area contributed by atoms with Gasteiger partial charge >= 0.3 is 12.1 Å². The second kappa shape index (κ2) is 7.85. The fourth-order valence-electron chi connectivity index (χ4n) is 2.47. The molecule has 0 atom stereocenters. The average Bonchev–Trinajstić information content (AvgIpc) is 2.66. The first-order chi connectivity index (χ1) is 13.3. The largest absolute Gasteiger partial charge is 0.452 e. The summed E-state index contributed by atoms with van der Waals surface area (Å²) in [6.45, 7) is -0.700. The molecule has 3 rings (SSSR count). The maximum Gasteiger partial charge on any atom is 0.416 e. The first kappa shape index (κ1) is 19.6. The fraction of sp³-hybridized carbons (Fsp3) is 0.105. The molecule has 1 N–H and O–H groups in total. The summed E-state index contributed by atoms with van der Waals surface area (Å²) in [4.78, 5) is 28.2. The molecule has 0 fully saturated rings. The highest BCUT2D eigenvalue weighted by Gasteiger charge is 2.31. The minimum atomic E-state index is -4.59. The van der Waals surface area contributed by atoms with Crippen LogP contribution in [0.3, 0.4) is 0 Å². The third kappa shape index (κ3) is 4.40. The number of nitrogens with zero attached hydrogens (tertiary/aromatic N) is 1. The topological polar surface area (TPSA) is 68.3 Å². The van der Waals surface area contributed by atoms with Gasteiger partial charge in [0.25, 0.3) is 5.91 Å². The number of hydrogen-bond acceptors (Lipinski definition) is 4. The van der Waals surface area contributed by atoms with E-state index in [0.717, 1.165) is 17.5 Å². The van der Waals surface area contributed by atoms with Crippen molar-refractivity contribution in [2.75, 3.05) is 11.9 Å². The van der Waals surface area contributed by atoms with E-state index in [1.807, 2.05) is 0 Å². The summed E-state index contributed by atoms with van der Waals surface area (Å²) < 4.78 is 43.3. The van der Waals surface area contributed by atoms with E-state index in [4.69, 9.17) is 16.3 Å². The smallest absolute Gasteiger partial charge is 0.416 e. The molecule has 1 aromatic heterocycles. The molecule has 144 valence electrons. The van der Waals surface area contributed by atoms with Crippen LogP contribution in [0.1, 0.15) is 15.9 Å². The van der Waals surface area contributed by atoms with Crippen LogP contribution >= 0.6 is 11.6 Å². The quantitative estimate of drug-likeness (QED) is 0.635. The summed E-state index contributed by atoms with van der Waals surface area (Å²) in [5.74, 6) is -1.61. The third-order valence-electron chi connectivity index (χ3n) is 3.79. The molecule has 0 radical (unpaired) electrons. The lowest BCUT2D eigenvalue weighted by molar-refractivity contribution is -0.137. The van der Waals surface area contributed by atoms with E-state index in [0.29, 0.717) is 11.5 Å². The Balaban J connectivity index is 1.68. The second-order valence-electron chi connectivity index (χ2n) is 5.72. The standard InChI is InChI=1S/C19H12ClF3N2O3/c20-15-6-5-12(19(21,22)23)7-16(15)25-17(26)10-28-18(27)14-9-24-8-11-3-1-2-4-13(11)14/h1-9H,10H2,(H,25,26). The molecule has 28 heavy (non-hydrogen) atoms. The molecule has 0 aliphatic carbocycles. The second-order valence-corrected chi connectivity index (χ2v) is 6.13. The maximum atomic E-state index is 12.8. The van der Waals surface area contributed by atoms with E-state index in [1.165, 1.54) is 6.20 Å². The van der Waals surface area contributed by atoms with Crippen LogP contribution in [0, 0.1) is 0 Å². The van der Waals surface area contributed by atoms with Crippen LogP contribution in [0.15, 0.2) is 54.9 Å². The number of esters is 1. The van der Waals surface area contributed by atoms with Gasteiger partial charge in [0.05, 0.1) is 21.8 Å². The lowest BCUT2D eigenvalue weighted by Gasteiger charge is -2.12. The number of hydrogen-bond donors (Lipinski definition) is 1. The van der Waals surface area contributed by atoms with E-state index in [2.05, 4.69) is 10.3 Å². The summed E-state index contributed by atoms with van der Waals surface area (Å²) in [6.07, 6.45) is -1.70. The van der Waals surface area contributed by atoms with Crippen molar-refractivity contribution in [2.45, 2.75) is 6.18 Å². The van der Waals surface area contributed by atoms with Crippen molar-refractivity contribution in [2.24, 2.45) is 0 Å². The number of benzene rings is 2. The normalized spacial score (nSPS) is 11.3. The van der Waals surface area contributed by atoms with Crippen LogP contribution in [0.5, 0.6) is 0 Å². The number of nitrogens with one attached hydrogen (secondary N) is 1. The van der Waals surface area contributed by atoms with E-state index >= 15 is 0 Å². The molecule has 0 saturated heterocycles. The van der Waals surface area contributed by atoms with Crippen molar-refractivity contribution < 1.29 is 27.5 Å². The molecule has 0 aliphatic rings. The zero-order chi connectivity index (χ0) is 20.3. The highest BCUT2D eigenvalue weighted by molar-refractivity contribution is 6.33. The first-order valence-electron chi connectivity index (χ1n) is 7.92. The molecule has 3 aromatic rings. The van der Waals surface area contributed by atoms with E-state index in [9.17, 15) is 22.8 Å². The summed E-state index contributed by atoms with van der Waals surface area (Å²) in [5, 5.41) is 3.45. The van der Waals surface area contributed by atoms with Crippen molar-refractivity contribution in [3.05, 3.63) is 71.0 Å². The van der Waals surface area contributed by atoms with Gasteiger partial charge < -0.3 is 10.1 Å². The van der Waals surface area contributed by atoms with Gasteiger partial charge in [-0.05, 0) is 23.6 Å². The summed E-state index contributed by atoms with van der Waals surface area (Å²) in [5.41, 5.74) is -1.03.